The van der Waals surface area contributed by atoms with E-state index in [2.05, 4.69) is 29.2 Å². The monoisotopic (exact) mass is 316 g/mol. The summed E-state index contributed by atoms with van der Waals surface area (Å²) in [5.74, 6) is -0.0446. The number of amides is 1. The Morgan fingerprint density at radius 1 is 1.52 bits per heavy atom. The van der Waals surface area contributed by atoms with Crippen molar-refractivity contribution in [2.45, 2.75) is 45.8 Å². The van der Waals surface area contributed by atoms with Crippen molar-refractivity contribution in [3.05, 3.63) is 24.5 Å². The minimum Gasteiger partial charge on any atom is -0.378 e. The highest BCUT2D eigenvalue weighted by Gasteiger charge is 2.27. The average Bonchev–Trinajstić information content (AvgIpc) is 2.92. The Morgan fingerprint density at radius 3 is 3.17 bits per heavy atom. The topological polar surface area (TPSA) is 69.0 Å². The number of pyridine rings is 1. The maximum Gasteiger partial charge on any atom is 0.241 e. The van der Waals surface area contributed by atoms with Gasteiger partial charge in [-0.3, -0.25) is 4.79 Å². The highest BCUT2D eigenvalue weighted by Crippen LogP contribution is 2.30. The third-order valence-corrected chi connectivity index (χ3v) is 4.33. The van der Waals surface area contributed by atoms with E-state index in [1.807, 2.05) is 12.1 Å². The summed E-state index contributed by atoms with van der Waals surface area (Å²) in [4.78, 5) is 16.3. The van der Waals surface area contributed by atoms with Crippen LogP contribution in [0.1, 0.15) is 33.1 Å². The van der Waals surface area contributed by atoms with E-state index < -0.39 is 0 Å². The number of fused-ring (bicyclic) bond motifs is 1. The molecule has 0 saturated carbocycles. The third kappa shape index (κ3) is 4.07. The zero-order valence-electron chi connectivity index (χ0n) is 13.8. The molecule has 124 valence electrons. The summed E-state index contributed by atoms with van der Waals surface area (Å²) < 4.78 is 7.49. The van der Waals surface area contributed by atoms with Crippen molar-refractivity contribution in [1.82, 2.24) is 20.1 Å². The van der Waals surface area contributed by atoms with E-state index in [9.17, 15) is 4.79 Å². The minimum atomic E-state index is -0.0446. The summed E-state index contributed by atoms with van der Waals surface area (Å²) in [6.07, 6.45) is 6.80. The number of carbonyl (C=O) groups excluding carboxylic acids is 1. The van der Waals surface area contributed by atoms with Crippen molar-refractivity contribution in [3.63, 3.8) is 0 Å². The number of rotatable bonds is 5. The van der Waals surface area contributed by atoms with Crippen LogP contribution in [-0.4, -0.2) is 39.9 Å². The summed E-state index contributed by atoms with van der Waals surface area (Å²) in [6.45, 7) is 6.09. The van der Waals surface area contributed by atoms with Gasteiger partial charge in [0.1, 0.15) is 6.54 Å². The number of hydrogen-bond acceptors (Lipinski definition) is 4. The largest absolute Gasteiger partial charge is 0.378 e. The molecular weight excluding hydrogens is 292 g/mol. The van der Waals surface area contributed by atoms with Gasteiger partial charge in [0.15, 0.2) is 5.65 Å². The first-order valence-corrected chi connectivity index (χ1v) is 8.18. The zero-order chi connectivity index (χ0) is 16.3. The molecule has 3 heterocycles. The van der Waals surface area contributed by atoms with E-state index in [0.717, 1.165) is 30.5 Å². The summed E-state index contributed by atoms with van der Waals surface area (Å²) in [7, 11) is 0. The smallest absolute Gasteiger partial charge is 0.241 e. The van der Waals surface area contributed by atoms with Gasteiger partial charge in [0.2, 0.25) is 5.91 Å². The Labute approximate surface area is 136 Å². The van der Waals surface area contributed by atoms with Crippen molar-refractivity contribution in [3.8, 4) is 0 Å². The number of ether oxygens (including phenoxy) is 1. The van der Waals surface area contributed by atoms with E-state index in [4.69, 9.17) is 4.74 Å². The predicted molar refractivity (Wildman–Crippen MR) is 87.9 cm³/mol. The van der Waals surface area contributed by atoms with Crippen molar-refractivity contribution in [1.29, 1.82) is 0 Å². The highest BCUT2D eigenvalue weighted by molar-refractivity contribution is 5.79. The molecule has 1 fully saturated rings. The minimum absolute atomic E-state index is 0.0446. The molecule has 3 rings (SSSR count). The summed E-state index contributed by atoms with van der Waals surface area (Å²) in [5, 5.41) is 8.11. The van der Waals surface area contributed by atoms with E-state index in [1.54, 1.807) is 17.1 Å². The van der Waals surface area contributed by atoms with Gasteiger partial charge in [-0.1, -0.05) is 13.8 Å². The maximum atomic E-state index is 12.1. The molecule has 1 N–H and O–H groups in total. The quantitative estimate of drug-likeness (QED) is 0.917. The first kappa shape index (κ1) is 15.9. The van der Waals surface area contributed by atoms with Crippen LogP contribution >= 0.6 is 0 Å². The average molecular weight is 316 g/mol. The SMILES string of the molecule is CC1(C)CCC(CCNC(=O)Cn2ncc3cccnc32)OC1. The van der Waals surface area contributed by atoms with Crippen molar-refractivity contribution >= 4 is 16.9 Å². The maximum absolute atomic E-state index is 12.1. The standard InChI is InChI=1S/C17H24N4O2/c1-17(2)7-5-14(23-12-17)6-9-18-15(22)11-21-16-13(10-20-21)4-3-8-19-16/h3-4,8,10,14H,5-7,9,11-12H2,1-2H3,(H,18,22). The molecule has 6 heteroatoms. The molecule has 1 amide bonds. The third-order valence-electron chi connectivity index (χ3n) is 4.33. The molecule has 1 unspecified atom stereocenters. The van der Waals surface area contributed by atoms with Gasteiger partial charge in [-0.25, -0.2) is 9.67 Å². The van der Waals surface area contributed by atoms with Crippen LogP contribution in [0.2, 0.25) is 0 Å². The first-order chi connectivity index (χ1) is 11.0. The van der Waals surface area contributed by atoms with E-state index in [0.29, 0.717) is 6.54 Å². The lowest BCUT2D eigenvalue weighted by molar-refractivity contribution is -0.122. The van der Waals surface area contributed by atoms with Gasteiger partial charge in [0.05, 0.1) is 18.9 Å². The number of carbonyl (C=O) groups is 1. The van der Waals surface area contributed by atoms with Gasteiger partial charge in [-0.05, 0) is 36.8 Å². The van der Waals surface area contributed by atoms with Crippen LogP contribution < -0.4 is 5.32 Å². The Kier molecular flexibility index (Phi) is 4.61. The second-order valence-electron chi connectivity index (χ2n) is 6.99. The molecule has 2 aromatic rings. The molecule has 0 spiro atoms. The van der Waals surface area contributed by atoms with E-state index in [-0.39, 0.29) is 24.0 Å². The lowest BCUT2D eigenvalue weighted by Crippen LogP contribution is -2.35. The van der Waals surface area contributed by atoms with Gasteiger partial charge in [-0.15, -0.1) is 0 Å². The van der Waals surface area contributed by atoms with Crippen molar-refractivity contribution < 1.29 is 9.53 Å². The van der Waals surface area contributed by atoms with Crippen LogP contribution in [0.25, 0.3) is 11.0 Å². The van der Waals surface area contributed by atoms with Gasteiger partial charge in [-0.2, -0.15) is 5.10 Å². The molecule has 1 aliphatic rings. The highest BCUT2D eigenvalue weighted by atomic mass is 16.5. The molecule has 6 nitrogen and oxygen atoms in total. The molecule has 2 aromatic heterocycles. The molecule has 1 aliphatic heterocycles. The Balaban J connectivity index is 1.43. The van der Waals surface area contributed by atoms with Crippen LogP contribution in [0.4, 0.5) is 0 Å². The fraction of sp³-hybridized carbons (Fsp3) is 0.588. The fourth-order valence-electron chi connectivity index (χ4n) is 2.87. The fourth-order valence-corrected chi connectivity index (χ4v) is 2.87. The van der Waals surface area contributed by atoms with Crippen LogP contribution in [0, 0.1) is 5.41 Å². The zero-order valence-corrected chi connectivity index (χ0v) is 13.8. The van der Waals surface area contributed by atoms with Gasteiger partial charge in [0.25, 0.3) is 0 Å². The summed E-state index contributed by atoms with van der Waals surface area (Å²) in [5.41, 5.74) is 1.02. The molecule has 0 aromatic carbocycles. The van der Waals surface area contributed by atoms with Crippen molar-refractivity contribution in [2.24, 2.45) is 5.41 Å². The molecule has 1 atom stereocenters. The molecule has 0 bridgehead atoms. The van der Waals surface area contributed by atoms with Crippen LogP contribution in [-0.2, 0) is 16.1 Å². The number of hydrogen-bond donors (Lipinski definition) is 1. The number of nitrogens with one attached hydrogen (secondary N) is 1. The van der Waals surface area contributed by atoms with Crippen LogP contribution in [0.5, 0.6) is 0 Å². The normalized spacial score (nSPS) is 20.5. The number of aromatic nitrogens is 3. The summed E-state index contributed by atoms with van der Waals surface area (Å²) >= 11 is 0. The van der Waals surface area contributed by atoms with Crippen LogP contribution in [0.15, 0.2) is 24.5 Å². The van der Waals surface area contributed by atoms with E-state index >= 15 is 0 Å². The first-order valence-electron chi connectivity index (χ1n) is 8.18. The molecule has 0 radical (unpaired) electrons. The Hall–Kier alpha value is -1.95. The second kappa shape index (κ2) is 6.66. The van der Waals surface area contributed by atoms with Gasteiger partial charge >= 0.3 is 0 Å². The Bertz CT molecular complexity index is 670. The molecule has 1 saturated heterocycles. The lowest BCUT2D eigenvalue weighted by Gasteiger charge is -2.34. The van der Waals surface area contributed by atoms with Crippen molar-refractivity contribution in [2.75, 3.05) is 13.2 Å². The second-order valence-corrected chi connectivity index (χ2v) is 6.99. The van der Waals surface area contributed by atoms with Gasteiger partial charge in [0, 0.05) is 18.1 Å². The van der Waals surface area contributed by atoms with Gasteiger partial charge < -0.3 is 10.1 Å². The molecule has 23 heavy (non-hydrogen) atoms. The van der Waals surface area contributed by atoms with E-state index in [1.165, 1.54) is 6.42 Å². The molecular formula is C17H24N4O2. The molecule has 0 aliphatic carbocycles. The Morgan fingerprint density at radius 2 is 2.39 bits per heavy atom. The predicted octanol–water partition coefficient (Wildman–Crippen LogP) is 2.14. The van der Waals surface area contributed by atoms with Crippen LogP contribution in [0.3, 0.4) is 0 Å². The lowest BCUT2D eigenvalue weighted by atomic mass is 9.85. The number of nitrogens with zero attached hydrogens (tertiary/aromatic N) is 3. The summed E-state index contributed by atoms with van der Waals surface area (Å²) in [6, 6.07) is 3.80.